The van der Waals surface area contributed by atoms with E-state index in [1.54, 1.807) is 41.3 Å². The van der Waals surface area contributed by atoms with Gasteiger partial charge in [-0.2, -0.15) is 0 Å². The van der Waals surface area contributed by atoms with Gasteiger partial charge in [-0.25, -0.2) is 8.78 Å². The molecular formula is C30H30F2N4O3. The Hall–Kier alpha value is -4.01. The largest absolute Gasteiger partial charge is 0.350 e. The highest BCUT2D eigenvalue weighted by Gasteiger charge is 2.50. The monoisotopic (exact) mass is 532 g/mol. The first-order valence-electron chi connectivity index (χ1n) is 13.2. The zero-order valence-corrected chi connectivity index (χ0v) is 22.1. The summed E-state index contributed by atoms with van der Waals surface area (Å²) in [6.45, 7) is 6.59. The van der Waals surface area contributed by atoms with Crippen molar-refractivity contribution < 1.29 is 23.2 Å². The number of hydrogen-bond donors (Lipinski definition) is 2. The molecule has 202 valence electrons. The second kappa shape index (κ2) is 9.03. The molecule has 6 rings (SSSR count). The van der Waals surface area contributed by atoms with Crippen molar-refractivity contribution in [1.29, 1.82) is 0 Å². The van der Waals surface area contributed by atoms with E-state index < -0.39 is 17.2 Å². The maximum atomic E-state index is 14.2. The van der Waals surface area contributed by atoms with E-state index in [1.165, 1.54) is 12.1 Å². The number of hydrogen-bond acceptors (Lipinski definition) is 3. The molecule has 2 bridgehead atoms. The van der Waals surface area contributed by atoms with Crippen LogP contribution in [0.5, 0.6) is 0 Å². The molecule has 2 saturated heterocycles. The second-order valence-corrected chi connectivity index (χ2v) is 11.8. The van der Waals surface area contributed by atoms with Crippen LogP contribution < -0.4 is 0 Å². The van der Waals surface area contributed by atoms with Gasteiger partial charge in [0, 0.05) is 35.8 Å². The van der Waals surface area contributed by atoms with Crippen molar-refractivity contribution >= 4 is 39.4 Å². The number of aromatic nitrogens is 2. The zero-order chi connectivity index (χ0) is 27.6. The number of Topliss-reactive ketones (excluding diaryl/α,β-unsaturated/α-hetero) is 1. The highest BCUT2D eigenvalue weighted by atomic mass is 19.1. The summed E-state index contributed by atoms with van der Waals surface area (Å²) in [5.74, 6) is -1.96. The number of nitrogens with zero attached hydrogens (tertiary/aromatic N) is 2. The van der Waals surface area contributed by atoms with Gasteiger partial charge < -0.3 is 19.8 Å². The molecule has 0 radical (unpaired) electrons. The van der Waals surface area contributed by atoms with Gasteiger partial charge in [-0.15, -0.1) is 0 Å². The Labute approximate surface area is 224 Å². The van der Waals surface area contributed by atoms with Crippen LogP contribution in [0.15, 0.2) is 48.5 Å². The van der Waals surface area contributed by atoms with Crippen LogP contribution in [0.2, 0.25) is 0 Å². The number of carbonyl (C=O) groups excluding carboxylic acids is 3. The number of fused-ring (bicyclic) bond motifs is 4. The van der Waals surface area contributed by atoms with Crippen molar-refractivity contribution in [2.75, 3.05) is 13.1 Å². The summed E-state index contributed by atoms with van der Waals surface area (Å²) >= 11 is 0. The van der Waals surface area contributed by atoms with Crippen molar-refractivity contribution in [2.45, 2.75) is 45.7 Å². The fraction of sp³-hybridized carbons (Fsp3) is 0.367. The molecule has 2 aromatic heterocycles. The quantitative estimate of drug-likeness (QED) is 0.343. The number of nitrogens with one attached hydrogen (secondary N) is 2. The fourth-order valence-electron chi connectivity index (χ4n) is 6.10. The van der Waals surface area contributed by atoms with Crippen LogP contribution in [-0.2, 0) is 4.79 Å². The third-order valence-electron chi connectivity index (χ3n) is 8.26. The van der Waals surface area contributed by atoms with Crippen LogP contribution in [0.4, 0.5) is 8.78 Å². The molecule has 2 aliphatic rings. The summed E-state index contributed by atoms with van der Waals surface area (Å²) in [6, 6.07) is 12.2. The van der Waals surface area contributed by atoms with Gasteiger partial charge in [0.1, 0.15) is 17.3 Å². The lowest BCUT2D eigenvalue weighted by molar-refractivity contribution is -0.141. The molecule has 2 aliphatic heterocycles. The first kappa shape index (κ1) is 25.3. The van der Waals surface area contributed by atoms with Gasteiger partial charge in [-0.3, -0.25) is 14.4 Å². The van der Waals surface area contributed by atoms with Crippen LogP contribution in [0.1, 0.15) is 54.6 Å². The molecule has 39 heavy (non-hydrogen) atoms. The van der Waals surface area contributed by atoms with E-state index in [1.807, 2.05) is 25.7 Å². The number of amides is 2. The minimum absolute atomic E-state index is 0.00602. The summed E-state index contributed by atoms with van der Waals surface area (Å²) in [4.78, 5) is 49.8. The van der Waals surface area contributed by atoms with E-state index in [9.17, 15) is 23.2 Å². The number of para-hydroxylation sites is 1. The zero-order valence-electron chi connectivity index (χ0n) is 22.1. The van der Waals surface area contributed by atoms with E-state index in [-0.39, 0.29) is 53.1 Å². The van der Waals surface area contributed by atoms with E-state index in [2.05, 4.69) is 9.97 Å². The predicted molar refractivity (Wildman–Crippen MR) is 143 cm³/mol. The standard InChI is InChI=1S/C30H30F2N4O3/c1-30(2,3)20(13-26(37)24-10-16-6-4-8-22(32)27(16)34-24)28(38)35-14-18-11-17(35)15-36(18)29(39)25-12-19-21(31)7-5-9-23(19)33-25/h4-10,12,17-18,20,33-34H,11,13-15H2,1-3H3/t17-,18-,20+/m0/s1. The Morgan fingerprint density at radius 1 is 0.923 bits per heavy atom. The van der Waals surface area contributed by atoms with Crippen molar-refractivity contribution in [3.05, 3.63) is 71.6 Å². The van der Waals surface area contributed by atoms with Gasteiger partial charge in [0.2, 0.25) is 5.91 Å². The SMILES string of the molecule is CC(C)(C)[C@H](CC(=O)c1cc2cccc(F)c2[nH]1)C(=O)N1C[C@@H]2C[C@H]1CN2C(=O)c1cc2c(F)cccc2[nH]1. The van der Waals surface area contributed by atoms with Crippen molar-refractivity contribution in [3.8, 4) is 0 Å². The topological polar surface area (TPSA) is 89.3 Å². The Bertz CT molecular complexity index is 1630. The summed E-state index contributed by atoms with van der Waals surface area (Å²) in [5.41, 5.74) is 0.962. The first-order valence-corrected chi connectivity index (χ1v) is 13.2. The number of H-pyrrole nitrogens is 2. The molecular weight excluding hydrogens is 502 g/mol. The van der Waals surface area contributed by atoms with Crippen molar-refractivity contribution in [2.24, 2.45) is 11.3 Å². The van der Waals surface area contributed by atoms with Crippen LogP contribution in [0.3, 0.4) is 0 Å². The van der Waals surface area contributed by atoms with Gasteiger partial charge >= 0.3 is 0 Å². The molecule has 7 nitrogen and oxygen atoms in total. The molecule has 9 heteroatoms. The fourth-order valence-corrected chi connectivity index (χ4v) is 6.10. The molecule has 2 amide bonds. The molecule has 2 N–H and O–H groups in total. The maximum absolute atomic E-state index is 14.2. The van der Waals surface area contributed by atoms with E-state index >= 15 is 0 Å². The van der Waals surface area contributed by atoms with E-state index in [4.69, 9.17) is 0 Å². The average Bonchev–Trinajstić information content (AvgIpc) is 3.68. The van der Waals surface area contributed by atoms with Crippen molar-refractivity contribution in [1.82, 2.24) is 19.8 Å². The van der Waals surface area contributed by atoms with Crippen molar-refractivity contribution in [3.63, 3.8) is 0 Å². The smallest absolute Gasteiger partial charge is 0.270 e. The van der Waals surface area contributed by atoms with E-state index in [0.29, 0.717) is 41.5 Å². The normalized spacial score (nSPS) is 19.8. The number of rotatable bonds is 5. The van der Waals surface area contributed by atoms with E-state index in [0.717, 1.165) is 0 Å². The summed E-state index contributed by atoms with van der Waals surface area (Å²) in [5, 5.41) is 0.980. The Morgan fingerprint density at radius 2 is 1.62 bits per heavy atom. The molecule has 0 unspecified atom stereocenters. The number of aromatic amines is 2. The Morgan fingerprint density at radius 3 is 2.28 bits per heavy atom. The van der Waals surface area contributed by atoms with Gasteiger partial charge in [-0.1, -0.05) is 39.0 Å². The molecule has 4 aromatic rings. The van der Waals surface area contributed by atoms with Crippen LogP contribution in [0, 0.1) is 23.0 Å². The van der Waals surface area contributed by atoms with Crippen LogP contribution >= 0.6 is 0 Å². The highest BCUT2D eigenvalue weighted by Crippen LogP contribution is 2.38. The minimum atomic E-state index is -0.582. The minimum Gasteiger partial charge on any atom is -0.350 e. The Balaban J connectivity index is 1.17. The molecule has 3 atom stereocenters. The molecule has 0 saturated carbocycles. The lowest BCUT2D eigenvalue weighted by atomic mass is 9.76. The highest BCUT2D eigenvalue weighted by molar-refractivity contribution is 6.02. The maximum Gasteiger partial charge on any atom is 0.270 e. The van der Waals surface area contributed by atoms with Gasteiger partial charge in [0.05, 0.1) is 29.2 Å². The lowest BCUT2D eigenvalue weighted by Crippen LogP contribution is -2.53. The van der Waals surface area contributed by atoms with Crippen LogP contribution in [0.25, 0.3) is 21.8 Å². The lowest BCUT2D eigenvalue weighted by Gasteiger charge is -2.39. The molecule has 0 spiro atoms. The Kier molecular flexibility index (Phi) is 5.86. The second-order valence-electron chi connectivity index (χ2n) is 11.8. The number of carbonyl (C=O) groups is 3. The summed E-state index contributed by atoms with van der Waals surface area (Å²) in [7, 11) is 0. The summed E-state index contributed by atoms with van der Waals surface area (Å²) < 4.78 is 28.3. The van der Waals surface area contributed by atoms with Crippen LogP contribution in [-0.4, -0.2) is 62.5 Å². The molecule has 4 heterocycles. The predicted octanol–water partition coefficient (Wildman–Crippen LogP) is 5.29. The number of likely N-dealkylation sites (tertiary alicyclic amines) is 2. The average molecular weight is 533 g/mol. The third kappa shape index (κ3) is 4.30. The number of piperazine rings is 1. The number of ketones is 1. The summed E-state index contributed by atoms with van der Waals surface area (Å²) in [6.07, 6.45) is 0.659. The number of halogens is 2. The van der Waals surface area contributed by atoms with Gasteiger partial charge in [0.15, 0.2) is 5.78 Å². The molecule has 0 aliphatic carbocycles. The first-order chi connectivity index (χ1) is 18.5. The third-order valence-corrected chi connectivity index (χ3v) is 8.26. The van der Waals surface area contributed by atoms with Gasteiger partial charge in [0.25, 0.3) is 5.91 Å². The number of benzene rings is 2. The molecule has 2 fully saturated rings. The van der Waals surface area contributed by atoms with Gasteiger partial charge in [-0.05, 0) is 42.2 Å². The molecule has 2 aromatic carbocycles.